The van der Waals surface area contributed by atoms with Gasteiger partial charge in [-0.05, 0) is 42.7 Å². The monoisotopic (exact) mass is 473 g/mol. The number of rotatable bonds is 7. The predicted octanol–water partition coefficient (Wildman–Crippen LogP) is 3.63. The highest BCUT2D eigenvalue weighted by Crippen LogP contribution is 2.56. The van der Waals surface area contributed by atoms with Crippen LogP contribution in [0.1, 0.15) is 22.5 Å². The summed E-state index contributed by atoms with van der Waals surface area (Å²) >= 11 is 7.27. The Morgan fingerprint density at radius 2 is 2.19 bits per heavy atom. The highest BCUT2D eigenvalue weighted by atomic mass is 35.5. The summed E-state index contributed by atoms with van der Waals surface area (Å²) in [5.74, 6) is 0.699. The maximum atomic E-state index is 13.1. The lowest BCUT2D eigenvalue weighted by atomic mass is 10.0. The molecule has 0 aromatic carbocycles. The molecule has 1 amide bonds. The molecule has 9 nitrogen and oxygen atoms in total. The minimum atomic E-state index is -0.379. The molecule has 1 aliphatic heterocycles. The first-order valence-corrected chi connectivity index (χ1v) is 11.2. The molecule has 1 saturated heterocycles. The van der Waals surface area contributed by atoms with Gasteiger partial charge in [-0.1, -0.05) is 16.7 Å². The Hall–Kier alpha value is -2.82. The topological polar surface area (TPSA) is 108 Å². The lowest BCUT2D eigenvalue weighted by Gasteiger charge is -2.13. The average Bonchev–Trinajstić information content (AvgIpc) is 3.09. The fourth-order valence-corrected chi connectivity index (χ4v) is 4.66. The number of carbonyl (C=O) groups is 1. The van der Waals surface area contributed by atoms with Crippen molar-refractivity contribution in [2.24, 2.45) is 11.3 Å². The van der Waals surface area contributed by atoms with E-state index in [0.717, 1.165) is 25.3 Å². The summed E-state index contributed by atoms with van der Waals surface area (Å²) < 4.78 is 16.7. The van der Waals surface area contributed by atoms with Gasteiger partial charge < -0.3 is 14.2 Å². The van der Waals surface area contributed by atoms with Crippen molar-refractivity contribution in [3.63, 3.8) is 0 Å². The number of halogens is 1. The van der Waals surface area contributed by atoms with E-state index < -0.39 is 0 Å². The van der Waals surface area contributed by atoms with Crippen molar-refractivity contribution in [1.29, 1.82) is 0 Å². The van der Waals surface area contributed by atoms with Crippen molar-refractivity contribution in [2.45, 2.75) is 13.3 Å². The molecule has 166 valence electrons. The lowest BCUT2D eigenvalue weighted by molar-refractivity contribution is 0.102. The van der Waals surface area contributed by atoms with E-state index in [1.807, 2.05) is 6.92 Å². The zero-order chi connectivity index (χ0) is 22.3. The largest absolute Gasteiger partial charge is 0.494 e. The van der Waals surface area contributed by atoms with Crippen LogP contribution in [0.25, 0.3) is 11.1 Å². The molecular weight excluding hydrogens is 454 g/mol. The number of methoxy groups -OCH3 is 1. The number of pyridine rings is 2. The fraction of sp³-hybridized carbons (Fsp3) is 0.381. The number of hydrogen-bond acceptors (Lipinski definition) is 9. The second-order valence-corrected chi connectivity index (χ2v) is 9.30. The number of amides is 1. The molecular formula is C21H20ClN5O4S. The highest BCUT2D eigenvalue weighted by molar-refractivity contribution is 7.17. The Morgan fingerprint density at radius 3 is 2.94 bits per heavy atom. The molecule has 2 unspecified atom stereocenters. The Kier molecular flexibility index (Phi) is 5.44. The average molecular weight is 474 g/mol. The highest BCUT2D eigenvalue weighted by Gasteiger charge is 2.59. The van der Waals surface area contributed by atoms with Crippen molar-refractivity contribution in [3.8, 4) is 22.1 Å². The van der Waals surface area contributed by atoms with Crippen LogP contribution in [-0.2, 0) is 4.74 Å². The maximum Gasteiger partial charge on any atom is 0.295 e. The molecule has 3 aromatic rings. The number of fused-ring (bicyclic) bond motifs is 1. The Bertz CT molecular complexity index is 1190. The first-order chi connectivity index (χ1) is 15.5. The van der Waals surface area contributed by atoms with Gasteiger partial charge in [0.15, 0.2) is 0 Å². The SMILES string of the molecule is COc1cnc(Cl)cc1-c1cc(C)ncc1C(=O)Nc1nnc(OCC23COCC2C3)s1. The number of carbonyl (C=O) groups excluding carboxylic acids is 1. The summed E-state index contributed by atoms with van der Waals surface area (Å²) in [5, 5.41) is 11.9. The molecule has 2 fully saturated rings. The molecule has 3 aromatic heterocycles. The third-order valence-corrected chi connectivity index (χ3v) is 6.76. The Labute approximate surface area is 193 Å². The molecule has 1 N–H and O–H groups in total. The quantitative estimate of drug-likeness (QED) is 0.518. The van der Waals surface area contributed by atoms with E-state index in [1.54, 1.807) is 12.1 Å². The second-order valence-electron chi connectivity index (χ2n) is 7.97. The summed E-state index contributed by atoms with van der Waals surface area (Å²) in [6, 6.07) is 3.45. The number of hydrogen-bond donors (Lipinski definition) is 1. The van der Waals surface area contributed by atoms with E-state index in [4.69, 9.17) is 25.8 Å². The number of nitrogens with one attached hydrogen (secondary N) is 1. The number of nitrogens with zero attached hydrogens (tertiary/aromatic N) is 4. The summed E-state index contributed by atoms with van der Waals surface area (Å²) in [7, 11) is 1.53. The maximum absolute atomic E-state index is 13.1. The van der Waals surface area contributed by atoms with Crippen molar-refractivity contribution in [2.75, 3.05) is 32.2 Å². The van der Waals surface area contributed by atoms with Crippen molar-refractivity contribution < 1.29 is 19.0 Å². The second kappa shape index (κ2) is 8.27. The number of ether oxygens (including phenoxy) is 3. The normalized spacial score (nSPS) is 21.2. The van der Waals surface area contributed by atoms with E-state index in [2.05, 4.69) is 25.5 Å². The van der Waals surface area contributed by atoms with Gasteiger partial charge in [0.2, 0.25) is 5.13 Å². The van der Waals surface area contributed by atoms with Crippen molar-refractivity contribution in [3.05, 3.63) is 40.9 Å². The molecule has 32 heavy (non-hydrogen) atoms. The number of aromatic nitrogens is 4. The van der Waals surface area contributed by atoms with E-state index in [-0.39, 0.29) is 16.5 Å². The Morgan fingerprint density at radius 1 is 1.31 bits per heavy atom. The third-order valence-electron chi connectivity index (χ3n) is 5.81. The standard InChI is InChI=1S/C21H20ClN5O4S/c1-11-3-13(14-4-17(22)24-7-16(14)29-2)15(6-23-11)18(28)25-19-26-27-20(32-19)31-10-21-5-12(21)8-30-9-21/h3-4,6-7,12H,5,8-10H2,1-2H3,(H,25,26,28). The molecule has 0 bridgehead atoms. The van der Waals surface area contributed by atoms with E-state index in [9.17, 15) is 4.79 Å². The minimum absolute atomic E-state index is 0.127. The summed E-state index contributed by atoms with van der Waals surface area (Å²) in [4.78, 5) is 21.4. The van der Waals surface area contributed by atoms with Crippen LogP contribution in [0.15, 0.2) is 24.5 Å². The first kappa shape index (κ1) is 21.0. The summed E-state index contributed by atoms with van der Waals surface area (Å²) in [6.45, 7) is 3.93. The first-order valence-electron chi connectivity index (χ1n) is 9.99. The van der Waals surface area contributed by atoms with E-state index >= 15 is 0 Å². The molecule has 5 rings (SSSR count). The smallest absolute Gasteiger partial charge is 0.295 e. The van der Waals surface area contributed by atoms with Crippen LogP contribution < -0.4 is 14.8 Å². The summed E-state index contributed by atoms with van der Waals surface area (Å²) in [6.07, 6.45) is 4.16. The van der Waals surface area contributed by atoms with Crippen LogP contribution in [0, 0.1) is 18.3 Å². The molecule has 0 spiro atoms. The van der Waals surface area contributed by atoms with Gasteiger partial charge in [0.05, 0.1) is 38.7 Å². The van der Waals surface area contributed by atoms with Gasteiger partial charge in [0, 0.05) is 28.4 Å². The molecule has 2 aliphatic rings. The van der Waals surface area contributed by atoms with Gasteiger partial charge >= 0.3 is 0 Å². The molecule has 11 heteroatoms. The number of aryl methyl sites for hydroxylation is 1. The predicted molar refractivity (Wildman–Crippen MR) is 118 cm³/mol. The van der Waals surface area contributed by atoms with E-state index in [0.29, 0.717) is 45.3 Å². The third kappa shape index (κ3) is 4.01. The fourth-order valence-electron chi connectivity index (χ4n) is 3.91. The van der Waals surface area contributed by atoms with Gasteiger partial charge in [-0.3, -0.25) is 15.1 Å². The zero-order valence-corrected chi connectivity index (χ0v) is 19.0. The van der Waals surface area contributed by atoms with Crippen LogP contribution >= 0.6 is 22.9 Å². The molecule has 0 radical (unpaired) electrons. The zero-order valence-electron chi connectivity index (χ0n) is 17.4. The van der Waals surface area contributed by atoms with Gasteiger partial charge in [-0.25, -0.2) is 4.98 Å². The minimum Gasteiger partial charge on any atom is -0.494 e. The Balaban J connectivity index is 1.34. The molecule has 2 atom stereocenters. The lowest BCUT2D eigenvalue weighted by Crippen LogP contribution is -2.16. The number of anilines is 1. The van der Waals surface area contributed by atoms with Gasteiger partial charge in [0.25, 0.3) is 11.1 Å². The van der Waals surface area contributed by atoms with E-state index in [1.165, 1.54) is 30.8 Å². The van der Waals surface area contributed by atoms with Crippen LogP contribution in [0.2, 0.25) is 5.15 Å². The summed E-state index contributed by atoms with van der Waals surface area (Å²) in [5.41, 5.74) is 2.48. The van der Waals surface area contributed by atoms with Crippen LogP contribution in [0.4, 0.5) is 5.13 Å². The van der Waals surface area contributed by atoms with Crippen LogP contribution in [0.5, 0.6) is 10.9 Å². The van der Waals surface area contributed by atoms with Crippen molar-refractivity contribution in [1.82, 2.24) is 20.2 Å². The van der Waals surface area contributed by atoms with Crippen LogP contribution in [0.3, 0.4) is 0 Å². The van der Waals surface area contributed by atoms with Gasteiger partial charge in [-0.2, -0.15) is 0 Å². The van der Waals surface area contributed by atoms with Crippen molar-refractivity contribution >= 4 is 34.0 Å². The van der Waals surface area contributed by atoms with Gasteiger partial charge in [-0.15, -0.1) is 5.10 Å². The molecule has 1 aliphatic carbocycles. The van der Waals surface area contributed by atoms with Gasteiger partial charge in [0.1, 0.15) is 10.9 Å². The molecule has 1 saturated carbocycles. The molecule has 4 heterocycles. The van der Waals surface area contributed by atoms with Crippen LogP contribution in [-0.4, -0.2) is 53.0 Å².